The van der Waals surface area contributed by atoms with Crippen molar-refractivity contribution < 1.29 is 4.79 Å². The third kappa shape index (κ3) is 2.14. The van der Waals surface area contributed by atoms with Gasteiger partial charge in [-0.2, -0.15) is 5.10 Å². The summed E-state index contributed by atoms with van der Waals surface area (Å²) in [5.41, 5.74) is 4.00. The van der Waals surface area contributed by atoms with Crippen LogP contribution in [-0.2, 0) is 12.5 Å². The van der Waals surface area contributed by atoms with E-state index in [0.717, 1.165) is 5.69 Å². The van der Waals surface area contributed by atoms with Crippen molar-refractivity contribution in [2.24, 2.45) is 7.05 Å². The van der Waals surface area contributed by atoms with Crippen LogP contribution < -0.4 is 5.32 Å². The summed E-state index contributed by atoms with van der Waals surface area (Å²) >= 11 is 0. The highest BCUT2D eigenvalue weighted by molar-refractivity contribution is 5.95. The number of hydrogen-bond donors (Lipinski definition) is 1. The normalized spacial score (nSPS) is 22.4. The zero-order valence-corrected chi connectivity index (χ0v) is 13.8. The second kappa shape index (κ2) is 4.97. The molecular weight excluding hydrogens is 274 g/mol. The van der Waals surface area contributed by atoms with Crippen LogP contribution in [0, 0.1) is 6.92 Å². The zero-order valence-electron chi connectivity index (χ0n) is 13.8. The van der Waals surface area contributed by atoms with Crippen LogP contribution in [0.3, 0.4) is 0 Å². The molecule has 2 atom stereocenters. The number of aromatic nitrogens is 2. The van der Waals surface area contributed by atoms with Crippen molar-refractivity contribution in [2.45, 2.75) is 45.1 Å². The molecule has 0 bridgehead atoms. The molecule has 1 amide bonds. The van der Waals surface area contributed by atoms with E-state index in [1.807, 2.05) is 14.0 Å². The summed E-state index contributed by atoms with van der Waals surface area (Å²) in [7, 11) is 1.84. The van der Waals surface area contributed by atoms with Crippen LogP contribution in [0.4, 0.5) is 0 Å². The molecule has 0 saturated heterocycles. The fourth-order valence-corrected chi connectivity index (χ4v) is 3.80. The SMILES string of the molecule is Cc1nn(C)cc1C(=O)NC1C(C)c2ccccc2C1(C)C. The molecule has 0 radical (unpaired) electrons. The van der Waals surface area contributed by atoms with Crippen LogP contribution in [-0.4, -0.2) is 21.7 Å². The molecule has 116 valence electrons. The van der Waals surface area contributed by atoms with Crippen molar-refractivity contribution in [3.05, 3.63) is 52.8 Å². The maximum Gasteiger partial charge on any atom is 0.255 e. The van der Waals surface area contributed by atoms with Crippen LogP contribution in [0.15, 0.2) is 30.5 Å². The number of rotatable bonds is 2. The van der Waals surface area contributed by atoms with Crippen LogP contribution >= 0.6 is 0 Å². The lowest BCUT2D eigenvalue weighted by atomic mass is 9.81. The van der Waals surface area contributed by atoms with Gasteiger partial charge in [0.1, 0.15) is 0 Å². The first-order valence-electron chi connectivity index (χ1n) is 7.73. The van der Waals surface area contributed by atoms with Gasteiger partial charge < -0.3 is 5.32 Å². The van der Waals surface area contributed by atoms with Gasteiger partial charge in [-0.1, -0.05) is 45.0 Å². The van der Waals surface area contributed by atoms with Gasteiger partial charge in [-0.15, -0.1) is 0 Å². The van der Waals surface area contributed by atoms with E-state index < -0.39 is 0 Å². The van der Waals surface area contributed by atoms with Crippen LogP contribution in [0.1, 0.15) is 53.9 Å². The number of hydrogen-bond acceptors (Lipinski definition) is 2. The Morgan fingerprint density at radius 2 is 2.00 bits per heavy atom. The molecule has 2 unspecified atom stereocenters. The summed E-state index contributed by atoms with van der Waals surface area (Å²) in [6.45, 7) is 8.47. The Morgan fingerprint density at radius 3 is 2.59 bits per heavy atom. The first-order chi connectivity index (χ1) is 10.3. The fraction of sp³-hybridized carbons (Fsp3) is 0.444. The highest BCUT2D eigenvalue weighted by Gasteiger charge is 2.44. The Balaban J connectivity index is 1.90. The summed E-state index contributed by atoms with van der Waals surface area (Å²) < 4.78 is 1.68. The Labute approximate surface area is 131 Å². The number of aryl methyl sites for hydroxylation is 2. The highest BCUT2D eigenvalue weighted by atomic mass is 16.1. The van der Waals surface area contributed by atoms with Crippen molar-refractivity contribution in [3.63, 3.8) is 0 Å². The number of amides is 1. The third-order valence-electron chi connectivity index (χ3n) is 4.97. The zero-order chi connectivity index (χ0) is 16.1. The molecule has 1 heterocycles. The molecule has 4 heteroatoms. The molecule has 4 nitrogen and oxygen atoms in total. The summed E-state index contributed by atoms with van der Waals surface area (Å²) in [5, 5.41) is 7.50. The number of fused-ring (bicyclic) bond motifs is 1. The molecule has 2 aromatic rings. The van der Waals surface area contributed by atoms with E-state index in [2.05, 4.69) is 55.5 Å². The number of nitrogens with zero attached hydrogens (tertiary/aromatic N) is 2. The largest absolute Gasteiger partial charge is 0.348 e. The van der Waals surface area contributed by atoms with Crippen molar-refractivity contribution >= 4 is 5.91 Å². The van der Waals surface area contributed by atoms with E-state index in [1.54, 1.807) is 10.9 Å². The monoisotopic (exact) mass is 297 g/mol. The lowest BCUT2D eigenvalue weighted by molar-refractivity contribution is 0.0915. The molecule has 1 aromatic carbocycles. The lowest BCUT2D eigenvalue weighted by Gasteiger charge is -2.31. The predicted molar refractivity (Wildman–Crippen MR) is 87.1 cm³/mol. The Bertz CT molecular complexity index is 730. The van der Waals surface area contributed by atoms with Gasteiger partial charge in [-0.3, -0.25) is 9.48 Å². The number of nitrogens with one attached hydrogen (secondary N) is 1. The molecule has 22 heavy (non-hydrogen) atoms. The van der Waals surface area contributed by atoms with Gasteiger partial charge in [-0.25, -0.2) is 0 Å². The second-order valence-electron chi connectivity index (χ2n) is 6.85. The van der Waals surface area contributed by atoms with Crippen molar-refractivity contribution in [3.8, 4) is 0 Å². The maximum absolute atomic E-state index is 12.7. The third-order valence-corrected chi connectivity index (χ3v) is 4.97. The molecule has 0 fully saturated rings. The molecule has 1 aromatic heterocycles. The molecule has 1 aliphatic carbocycles. The minimum atomic E-state index is -0.0816. The van der Waals surface area contributed by atoms with Gasteiger partial charge in [0, 0.05) is 30.6 Å². The molecular formula is C18H23N3O. The van der Waals surface area contributed by atoms with Gasteiger partial charge in [0.2, 0.25) is 0 Å². The second-order valence-corrected chi connectivity index (χ2v) is 6.85. The molecule has 0 spiro atoms. The van der Waals surface area contributed by atoms with E-state index >= 15 is 0 Å². The van der Waals surface area contributed by atoms with Crippen LogP contribution in [0.5, 0.6) is 0 Å². The van der Waals surface area contributed by atoms with E-state index in [-0.39, 0.29) is 17.4 Å². The Morgan fingerprint density at radius 1 is 1.32 bits per heavy atom. The van der Waals surface area contributed by atoms with Crippen LogP contribution in [0.2, 0.25) is 0 Å². The topological polar surface area (TPSA) is 46.9 Å². The molecule has 1 N–H and O–H groups in total. The molecule has 0 saturated carbocycles. The maximum atomic E-state index is 12.7. The fourth-order valence-electron chi connectivity index (χ4n) is 3.80. The minimum absolute atomic E-state index is 0.0386. The summed E-state index contributed by atoms with van der Waals surface area (Å²) in [4.78, 5) is 12.7. The highest BCUT2D eigenvalue weighted by Crippen LogP contribution is 2.45. The van der Waals surface area contributed by atoms with Crippen molar-refractivity contribution in [2.75, 3.05) is 0 Å². The molecule has 0 aliphatic heterocycles. The summed E-state index contributed by atoms with van der Waals surface area (Å²) in [6.07, 6.45) is 1.78. The van der Waals surface area contributed by atoms with Gasteiger partial charge >= 0.3 is 0 Å². The number of carbonyl (C=O) groups is 1. The van der Waals surface area contributed by atoms with Crippen molar-refractivity contribution in [1.29, 1.82) is 0 Å². The number of carbonyl (C=O) groups excluding carboxylic acids is 1. The van der Waals surface area contributed by atoms with Gasteiger partial charge in [0.25, 0.3) is 5.91 Å². The van der Waals surface area contributed by atoms with Gasteiger partial charge in [-0.05, 0) is 18.1 Å². The average Bonchev–Trinajstić information content (AvgIpc) is 2.90. The van der Waals surface area contributed by atoms with Gasteiger partial charge in [0.05, 0.1) is 11.3 Å². The quantitative estimate of drug-likeness (QED) is 0.926. The summed E-state index contributed by atoms with van der Waals surface area (Å²) in [5.74, 6) is 0.260. The van der Waals surface area contributed by atoms with Crippen LogP contribution in [0.25, 0.3) is 0 Å². The average molecular weight is 297 g/mol. The first-order valence-corrected chi connectivity index (χ1v) is 7.73. The van der Waals surface area contributed by atoms with E-state index in [9.17, 15) is 4.79 Å². The Kier molecular flexibility index (Phi) is 3.35. The lowest BCUT2D eigenvalue weighted by Crippen LogP contribution is -2.46. The number of benzene rings is 1. The van der Waals surface area contributed by atoms with E-state index in [1.165, 1.54) is 11.1 Å². The van der Waals surface area contributed by atoms with E-state index in [4.69, 9.17) is 0 Å². The molecule has 3 rings (SSSR count). The van der Waals surface area contributed by atoms with Crippen molar-refractivity contribution in [1.82, 2.24) is 15.1 Å². The standard InChI is InChI=1S/C18H23N3O/c1-11-13-8-6-7-9-15(13)18(3,4)16(11)19-17(22)14-10-21(5)20-12(14)2/h6-11,16H,1-5H3,(H,19,22). The smallest absolute Gasteiger partial charge is 0.255 e. The summed E-state index contributed by atoms with van der Waals surface area (Å²) in [6, 6.07) is 8.57. The minimum Gasteiger partial charge on any atom is -0.348 e. The van der Waals surface area contributed by atoms with Gasteiger partial charge in [0.15, 0.2) is 0 Å². The Hall–Kier alpha value is -2.10. The first kappa shape index (κ1) is 14.8. The van der Waals surface area contributed by atoms with E-state index in [0.29, 0.717) is 11.5 Å². The molecule has 1 aliphatic rings. The predicted octanol–water partition coefficient (Wildman–Crippen LogP) is 2.92.